The fraction of sp³-hybridized carbons (Fsp3) is 0.900. The number of nitrogens with one attached hydrogen (secondary N) is 2. The zero-order chi connectivity index (χ0) is 11.0. The Hall–Kier alpha value is -0.220. The van der Waals surface area contributed by atoms with Crippen LogP contribution in [0.3, 0.4) is 0 Å². The van der Waals surface area contributed by atoms with E-state index in [9.17, 15) is 4.79 Å². The highest BCUT2D eigenvalue weighted by Gasteiger charge is 2.12. The third-order valence-electron chi connectivity index (χ3n) is 2.15. The summed E-state index contributed by atoms with van der Waals surface area (Å²) in [4.78, 5) is 11.5. The molecule has 0 aliphatic rings. The topological polar surface area (TPSA) is 41.1 Å². The normalized spacial score (nSPS) is 14.9. The Morgan fingerprint density at radius 2 is 2.07 bits per heavy atom. The van der Waals surface area contributed by atoms with Crippen molar-refractivity contribution in [2.24, 2.45) is 0 Å². The first kappa shape index (κ1) is 13.8. The van der Waals surface area contributed by atoms with E-state index in [4.69, 9.17) is 0 Å². The van der Waals surface area contributed by atoms with Crippen molar-refractivity contribution in [1.29, 1.82) is 0 Å². The summed E-state index contributed by atoms with van der Waals surface area (Å²) in [5, 5.41) is 6.13. The van der Waals surface area contributed by atoms with Crippen LogP contribution in [0.4, 0.5) is 0 Å². The van der Waals surface area contributed by atoms with Crippen LogP contribution in [0.2, 0.25) is 0 Å². The van der Waals surface area contributed by atoms with E-state index in [2.05, 4.69) is 23.8 Å². The molecule has 0 radical (unpaired) electrons. The standard InChI is InChI=1S/C10H22N2OS/c1-5-8(2)12-10(13)9(3)11-6-7-14-4/h8-9,11H,5-7H2,1-4H3,(H,12,13). The first-order valence-electron chi connectivity index (χ1n) is 5.14. The molecule has 0 aliphatic carbocycles. The van der Waals surface area contributed by atoms with Gasteiger partial charge in [0.1, 0.15) is 0 Å². The maximum absolute atomic E-state index is 11.5. The molecular formula is C10H22N2OS. The average molecular weight is 218 g/mol. The fourth-order valence-electron chi connectivity index (χ4n) is 0.940. The van der Waals surface area contributed by atoms with E-state index in [0.29, 0.717) is 0 Å². The van der Waals surface area contributed by atoms with Gasteiger partial charge in [-0.25, -0.2) is 0 Å². The molecule has 0 aromatic rings. The smallest absolute Gasteiger partial charge is 0.237 e. The minimum atomic E-state index is -0.0869. The predicted octanol–water partition coefficient (Wildman–Crippen LogP) is 1.24. The van der Waals surface area contributed by atoms with Crippen LogP contribution in [0.1, 0.15) is 27.2 Å². The van der Waals surface area contributed by atoms with Gasteiger partial charge in [-0.1, -0.05) is 6.92 Å². The Labute approximate surface area is 91.4 Å². The van der Waals surface area contributed by atoms with Crippen molar-refractivity contribution in [2.45, 2.75) is 39.3 Å². The molecule has 14 heavy (non-hydrogen) atoms. The molecule has 0 aromatic heterocycles. The molecule has 84 valence electrons. The summed E-state index contributed by atoms with van der Waals surface area (Å²) < 4.78 is 0. The second-order valence-corrected chi connectivity index (χ2v) is 4.47. The minimum Gasteiger partial charge on any atom is -0.352 e. The first-order chi connectivity index (χ1) is 6.61. The summed E-state index contributed by atoms with van der Waals surface area (Å²) in [6.45, 7) is 6.87. The van der Waals surface area contributed by atoms with E-state index < -0.39 is 0 Å². The van der Waals surface area contributed by atoms with Crippen LogP contribution in [0, 0.1) is 0 Å². The molecule has 4 heteroatoms. The van der Waals surface area contributed by atoms with Gasteiger partial charge < -0.3 is 10.6 Å². The van der Waals surface area contributed by atoms with Crippen LogP contribution in [0.5, 0.6) is 0 Å². The van der Waals surface area contributed by atoms with Gasteiger partial charge in [0.2, 0.25) is 5.91 Å². The van der Waals surface area contributed by atoms with E-state index in [1.807, 2.05) is 13.8 Å². The highest BCUT2D eigenvalue weighted by Crippen LogP contribution is 1.92. The van der Waals surface area contributed by atoms with Crippen LogP contribution < -0.4 is 10.6 Å². The second-order valence-electron chi connectivity index (χ2n) is 3.49. The van der Waals surface area contributed by atoms with Gasteiger partial charge in [0.05, 0.1) is 6.04 Å². The molecule has 0 saturated carbocycles. The van der Waals surface area contributed by atoms with Crippen molar-refractivity contribution >= 4 is 17.7 Å². The molecule has 3 nitrogen and oxygen atoms in total. The van der Waals surface area contributed by atoms with Crippen molar-refractivity contribution in [3.8, 4) is 0 Å². The van der Waals surface area contributed by atoms with Crippen molar-refractivity contribution in [1.82, 2.24) is 10.6 Å². The fourth-order valence-corrected chi connectivity index (χ4v) is 1.26. The maximum atomic E-state index is 11.5. The lowest BCUT2D eigenvalue weighted by atomic mass is 10.2. The minimum absolute atomic E-state index is 0.0869. The molecular weight excluding hydrogens is 196 g/mol. The quantitative estimate of drug-likeness (QED) is 0.632. The molecule has 2 unspecified atom stereocenters. The zero-order valence-electron chi connectivity index (χ0n) is 9.59. The van der Waals surface area contributed by atoms with Crippen LogP contribution >= 0.6 is 11.8 Å². The molecule has 0 rings (SSSR count). The SMILES string of the molecule is CCC(C)NC(=O)C(C)NCCSC. The lowest BCUT2D eigenvalue weighted by Gasteiger charge is -2.17. The number of carbonyl (C=O) groups excluding carboxylic acids is 1. The van der Waals surface area contributed by atoms with Gasteiger partial charge in [0.25, 0.3) is 0 Å². The van der Waals surface area contributed by atoms with E-state index in [-0.39, 0.29) is 18.0 Å². The van der Waals surface area contributed by atoms with Gasteiger partial charge in [0.15, 0.2) is 0 Å². The summed E-state index contributed by atoms with van der Waals surface area (Å²) in [7, 11) is 0. The number of hydrogen-bond acceptors (Lipinski definition) is 3. The molecule has 0 saturated heterocycles. The summed E-state index contributed by atoms with van der Waals surface area (Å²) in [6.07, 6.45) is 3.04. The molecule has 0 aliphatic heterocycles. The number of amides is 1. The molecule has 0 bridgehead atoms. The zero-order valence-corrected chi connectivity index (χ0v) is 10.4. The summed E-state index contributed by atoms with van der Waals surface area (Å²) in [5.74, 6) is 1.14. The molecule has 0 aromatic carbocycles. The van der Waals surface area contributed by atoms with Gasteiger partial charge in [-0.15, -0.1) is 0 Å². The molecule has 2 atom stereocenters. The second kappa shape index (κ2) is 8.12. The van der Waals surface area contributed by atoms with E-state index in [0.717, 1.165) is 18.7 Å². The van der Waals surface area contributed by atoms with Crippen LogP contribution in [0.25, 0.3) is 0 Å². The summed E-state index contributed by atoms with van der Waals surface area (Å²) >= 11 is 1.78. The summed E-state index contributed by atoms with van der Waals surface area (Å²) in [5.41, 5.74) is 0. The Bertz CT molecular complexity index is 164. The Morgan fingerprint density at radius 1 is 1.43 bits per heavy atom. The Balaban J connectivity index is 3.64. The van der Waals surface area contributed by atoms with Crippen LogP contribution in [-0.2, 0) is 4.79 Å². The predicted molar refractivity (Wildman–Crippen MR) is 63.7 cm³/mol. The molecule has 0 heterocycles. The van der Waals surface area contributed by atoms with Gasteiger partial charge in [-0.05, 0) is 26.5 Å². The molecule has 2 N–H and O–H groups in total. The van der Waals surface area contributed by atoms with E-state index in [1.165, 1.54) is 0 Å². The van der Waals surface area contributed by atoms with Crippen molar-refractivity contribution in [3.63, 3.8) is 0 Å². The number of rotatable bonds is 7. The van der Waals surface area contributed by atoms with Crippen LogP contribution in [-0.4, -0.2) is 36.5 Å². The monoisotopic (exact) mass is 218 g/mol. The summed E-state index contributed by atoms with van der Waals surface area (Å²) in [6, 6.07) is 0.184. The van der Waals surface area contributed by atoms with Gasteiger partial charge in [0, 0.05) is 18.3 Å². The van der Waals surface area contributed by atoms with Crippen molar-refractivity contribution in [2.75, 3.05) is 18.6 Å². The van der Waals surface area contributed by atoms with E-state index in [1.54, 1.807) is 11.8 Å². The van der Waals surface area contributed by atoms with Gasteiger partial charge in [-0.3, -0.25) is 4.79 Å². The third-order valence-corrected chi connectivity index (χ3v) is 2.76. The number of thioether (sulfide) groups is 1. The highest BCUT2D eigenvalue weighted by atomic mass is 32.2. The van der Waals surface area contributed by atoms with Gasteiger partial charge >= 0.3 is 0 Å². The molecule has 0 fully saturated rings. The highest BCUT2D eigenvalue weighted by molar-refractivity contribution is 7.98. The lowest BCUT2D eigenvalue weighted by molar-refractivity contribution is -0.123. The Kier molecular flexibility index (Phi) is 7.99. The lowest BCUT2D eigenvalue weighted by Crippen LogP contribution is -2.45. The largest absolute Gasteiger partial charge is 0.352 e. The number of carbonyl (C=O) groups is 1. The van der Waals surface area contributed by atoms with Crippen LogP contribution in [0.15, 0.2) is 0 Å². The van der Waals surface area contributed by atoms with Gasteiger partial charge in [-0.2, -0.15) is 11.8 Å². The maximum Gasteiger partial charge on any atom is 0.237 e. The number of hydrogen-bond donors (Lipinski definition) is 2. The molecule has 1 amide bonds. The van der Waals surface area contributed by atoms with Crippen molar-refractivity contribution < 1.29 is 4.79 Å². The molecule has 0 spiro atoms. The van der Waals surface area contributed by atoms with Crippen molar-refractivity contribution in [3.05, 3.63) is 0 Å². The average Bonchev–Trinajstić information content (AvgIpc) is 2.17. The van der Waals surface area contributed by atoms with E-state index >= 15 is 0 Å². The first-order valence-corrected chi connectivity index (χ1v) is 6.53. The Morgan fingerprint density at radius 3 is 2.57 bits per heavy atom. The third kappa shape index (κ3) is 6.27.